The van der Waals surface area contributed by atoms with Gasteiger partial charge in [0.05, 0.1) is 19.0 Å². The van der Waals surface area contributed by atoms with Crippen LogP contribution in [0.2, 0.25) is 0 Å². The Bertz CT molecular complexity index is 908. The SMILES string of the molecule is CCCCCCCCCCCCCCCCCCOC(=O)CCCCCCCCCCCCCCCN1CCN=C1CCCCCCCCCCCCCCC(=O)O. The molecule has 0 saturated heterocycles. The largest absolute Gasteiger partial charge is 0.481 e. The van der Waals surface area contributed by atoms with Gasteiger partial charge in [-0.3, -0.25) is 14.6 Å². The Balaban J connectivity index is 1.74. The number of carboxylic acid groups (broad SMARTS) is 1. The molecule has 1 heterocycles. The zero-order valence-electron chi connectivity index (χ0n) is 39.0. The Morgan fingerprint density at radius 2 is 0.810 bits per heavy atom. The van der Waals surface area contributed by atoms with Gasteiger partial charge in [0, 0.05) is 32.4 Å². The zero-order chi connectivity index (χ0) is 41.7. The van der Waals surface area contributed by atoms with E-state index in [9.17, 15) is 9.59 Å². The van der Waals surface area contributed by atoms with E-state index in [1.165, 1.54) is 256 Å². The number of carbonyl (C=O) groups is 2. The fourth-order valence-corrected chi connectivity index (χ4v) is 8.76. The lowest BCUT2D eigenvalue weighted by atomic mass is 10.0. The number of nitrogens with zero attached hydrogens (tertiary/aromatic N) is 2. The number of aliphatic carboxylic acids is 1. The number of hydrogen-bond acceptors (Lipinski definition) is 5. The van der Waals surface area contributed by atoms with Crippen molar-refractivity contribution in [3.05, 3.63) is 0 Å². The van der Waals surface area contributed by atoms with Gasteiger partial charge in [0.15, 0.2) is 0 Å². The van der Waals surface area contributed by atoms with E-state index in [0.717, 1.165) is 38.8 Å². The molecule has 6 heteroatoms. The van der Waals surface area contributed by atoms with Crippen LogP contribution in [0, 0.1) is 0 Å². The lowest BCUT2D eigenvalue weighted by Crippen LogP contribution is -2.28. The van der Waals surface area contributed by atoms with Gasteiger partial charge >= 0.3 is 11.9 Å². The van der Waals surface area contributed by atoms with Crippen molar-refractivity contribution in [3.63, 3.8) is 0 Å². The number of rotatable bonds is 48. The third kappa shape index (κ3) is 39.8. The van der Waals surface area contributed by atoms with Crippen LogP contribution < -0.4 is 0 Å². The number of carboxylic acids is 1. The molecule has 0 atom stereocenters. The standard InChI is InChI=1S/C52H100N2O4/c1-2-3-4-5-6-7-8-9-10-11-17-22-27-32-37-42-49-58-52(57)45-40-35-30-25-20-13-12-16-21-26-31-36-41-47-54-48-46-53-50(54)43-38-33-28-23-18-14-15-19-24-29-34-39-44-51(55)56/h2-49H2,1H3,(H,55,56). The predicted octanol–water partition coefficient (Wildman–Crippen LogP) is 16.5. The van der Waals surface area contributed by atoms with Crippen molar-refractivity contribution < 1.29 is 19.4 Å². The minimum Gasteiger partial charge on any atom is -0.481 e. The first-order valence-corrected chi connectivity index (χ1v) is 26.3. The van der Waals surface area contributed by atoms with Crippen molar-refractivity contribution in [2.75, 3.05) is 26.2 Å². The molecule has 342 valence electrons. The lowest BCUT2D eigenvalue weighted by molar-refractivity contribution is -0.144. The Labute approximate surface area is 361 Å². The number of amidine groups is 1. The molecule has 0 aromatic rings. The van der Waals surface area contributed by atoms with Crippen molar-refractivity contribution in [1.29, 1.82) is 0 Å². The van der Waals surface area contributed by atoms with Gasteiger partial charge < -0.3 is 14.7 Å². The molecule has 0 aromatic heterocycles. The van der Waals surface area contributed by atoms with Crippen molar-refractivity contribution in [1.82, 2.24) is 4.90 Å². The van der Waals surface area contributed by atoms with Gasteiger partial charge in [-0.2, -0.15) is 0 Å². The number of unbranched alkanes of at least 4 members (excludes halogenated alkanes) is 38. The van der Waals surface area contributed by atoms with Crippen molar-refractivity contribution in [3.8, 4) is 0 Å². The van der Waals surface area contributed by atoms with Crippen LogP contribution in [0.1, 0.15) is 289 Å². The van der Waals surface area contributed by atoms with E-state index in [1.54, 1.807) is 0 Å². The van der Waals surface area contributed by atoms with Gasteiger partial charge in [-0.05, 0) is 32.1 Å². The van der Waals surface area contributed by atoms with Crippen molar-refractivity contribution in [2.45, 2.75) is 289 Å². The number of aliphatic imine (C=N–C) groups is 1. The Hall–Kier alpha value is -1.59. The van der Waals surface area contributed by atoms with Gasteiger partial charge in [-0.15, -0.1) is 0 Å². The number of esters is 1. The molecule has 1 N–H and O–H groups in total. The second kappa shape index (κ2) is 44.9. The van der Waals surface area contributed by atoms with Gasteiger partial charge in [0.1, 0.15) is 0 Å². The molecule has 0 saturated carbocycles. The van der Waals surface area contributed by atoms with Crippen LogP contribution >= 0.6 is 0 Å². The maximum absolute atomic E-state index is 12.1. The van der Waals surface area contributed by atoms with Crippen molar-refractivity contribution >= 4 is 17.8 Å². The molecule has 0 aromatic carbocycles. The summed E-state index contributed by atoms with van der Waals surface area (Å²) in [5.74, 6) is 0.753. The first kappa shape index (κ1) is 54.4. The van der Waals surface area contributed by atoms with Crippen molar-refractivity contribution in [2.24, 2.45) is 4.99 Å². The van der Waals surface area contributed by atoms with Gasteiger partial charge in [-0.25, -0.2) is 0 Å². The van der Waals surface area contributed by atoms with E-state index in [-0.39, 0.29) is 5.97 Å². The molecule has 0 radical (unpaired) electrons. The summed E-state index contributed by atoms with van der Waals surface area (Å²) in [5.41, 5.74) is 0. The summed E-state index contributed by atoms with van der Waals surface area (Å²) in [4.78, 5) is 30.1. The van der Waals surface area contributed by atoms with Crippen LogP contribution in [0.3, 0.4) is 0 Å². The Morgan fingerprint density at radius 3 is 1.22 bits per heavy atom. The number of carbonyl (C=O) groups excluding carboxylic acids is 1. The number of hydrogen-bond donors (Lipinski definition) is 1. The molecule has 0 amide bonds. The molecule has 1 aliphatic heterocycles. The van der Waals surface area contributed by atoms with E-state index < -0.39 is 5.97 Å². The van der Waals surface area contributed by atoms with Gasteiger partial charge in [0.25, 0.3) is 0 Å². The highest BCUT2D eigenvalue weighted by Gasteiger charge is 2.15. The quantitative estimate of drug-likeness (QED) is 0.0489. The summed E-state index contributed by atoms with van der Waals surface area (Å²) in [6.07, 6.45) is 56.2. The second-order valence-electron chi connectivity index (χ2n) is 18.3. The topological polar surface area (TPSA) is 79.2 Å². The predicted molar refractivity (Wildman–Crippen MR) is 251 cm³/mol. The molecular weight excluding hydrogens is 717 g/mol. The van der Waals surface area contributed by atoms with Gasteiger partial charge in [-0.1, -0.05) is 238 Å². The van der Waals surface area contributed by atoms with E-state index in [0.29, 0.717) is 19.4 Å². The number of ether oxygens (including phenoxy) is 1. The molecule has 1 aliphatic rings. The summed E-state index contributed by atoms with van der Waals surface area (Å²) < 4.78 is 5.49. The molecule has 0 aliphatic carbocycles. The highest BCUT2D eigenvalue weighted by atomic mass is 16.5. The minimum absolute atomic E-state index is 0.0205. The molecule has 6 nitrogen and oxygen atoms in total. The fourth-order valence-electron chi connectivity index (χ4n) is 8.76. The second-order valence-corrected chi connectivity index (χ2v) is 18.3. The first-order chi connectivity index (χ1) is 28.6. The third-order valence-corrected chi connectivity index (χ3v) is 12.6. The molecular formula is C52H100N2O4. The monoisotopic (exact) mass is 817 g/mol. The summed E-state index contributed by atoms with van der Waals surface area (Å²) in [7, 11) is 0. The first-order valence-electron chi connectivity index (χ1n) is 26.3. The maximum atomic E-state index is 12.1. The van der Waals surface area contributed by atoms with E-state index in [2.05, 4.69) is 11.8 Å². The van der Waals surface area contributed by atoms with Crippen LogP contribution in [0.25, 0.3) is 0 Å². The maximum Gasteiger partial charge on any atom is 0.305 e. The lowest BCUT2D eigenvalue weighted by Gasteiger charge is -2.20. The molecule has 0 spiro atoms. The molecule has 0 unspecified atom stereocenters. The average Bonchev–Trinajstić information content (AvgIpc) is 3.67. The van der Waals surface area contributed by atoms with Crippen LogP contribution in [-0.4, -0.2) is 54.0 Å². The zero-order valence-corrected chi connectivity index (χ0v) is 39.0. The minimum atomic E-state index is -0.658. The molecule has 58 heavy (non-hydrogen) atoms. The molecule has 0 bridgehead atoms. The Kier molecular flexibility index (Phi) is 42.2. The van der Waals surface area contributed by atoms with Crippen LogP contribution in [0.4, 0.5) is 0 Å². The highest BCUT2D eigenvalue weighted by Crippen LogP contribution is 2.18. The fraction of sp³-hybridized carbons (Fsp3) is 0.942. The average molecular weight is 817 g/mol. The summed E-state index contributed by atoms with van der Waals surface area (Å²) in [6, 6.07) is 0. The van der Waals surface area contributed by atoms with Crippen LogP contribution in [0.5, 0.6) is 0 Å². The highest BCUT2D eigenvalue weighted by molar-refractivity contribution is 5.83. The molecule has 1 rings (SSSR count). The van der Waals surface area contributed by atoms with Crippen LogP contribution in [-0.2, 0) is 14.3 Å². The Morgan fingerprint density at radius 1 is 0.466 bits per heavy atom. The van der Waals surface area contributed by atoms with Gasteiger partial charge in [0.2, 0.25) is 0 Å². The van der Waals surface area contributed by atoms with E-state index in [1.807, 2.05) is 0 Å². The third-order valence-electron chi connectivity index (χ3n) is 12.6. The summed E-state index contributed by atoms with van der Waals surface area (Å²) >= 11 is 0. The smallest absolute Gasteiger partial charge is 0.305 e. The summed E-state index contributed by atoms with van der Waals surface area (Å²) in [5, 5.41) is 8.69. The van der Waals surface area contributed by atoms with E-state index in [4.69, 9.17) is 14.8 Å². The molecule has 0 fully saturated rings. The van der Waals surface area contributed by atoms with Crippen LogP contribution in [0.15, 0.2) is 4.99 Å². The van der Waals surface area contributed by atoms with E-state index >= 15 is 0 Å². The normalized spacial score (nSPS) is 12.8. The summed E-state index contributed by atoms with van der Waals surface area (Å²) in [6.45, 7) is 6.27.